The summed E-state index contributed by atoms with van der Waals surface area (Å²) in [5.74, 6) is 2.37. The zero-order chi connectivity index (χ0) is 20.4. The Morgan fingerprint density at radius 1 is 1.04 bits per heavy atom. The quantitative estimate of drug-likeness (QED) is 0.408. The molecule has 4 rings (SSSR count). The normalized spacial score (nSPS) is 46.6. The Hall–Kier alpha value is -0.873. The molecule has 0 bridgehead atoms. The lowest BCUT2D eigenvalue weighted by atomic mass is 9.47. The molecule has 156 valence electrons. The second-order valence-electron chi connectivity index (χ2n) is 11.3. The van der Waals surface area contributed by atoms with Gasteiger partial charge in [0.2, 0.25) is 0 Å². The van der Waals surface area contributed by atoms with Gasteiger partial charge in [0.05, 0.1) is 5.60 Å². The third-order valence-corrected chi connectivity index (χ3v) is 9.89. The summed E-state index contributed by atoms with van der Waals surface area (Å²) in [5.41, 5.74) is 3.11. The molecule has 0 N–H and O–H groups in total. The molecule has 0 aromatic carbocycles. The summed E-state index contributed by atoms with van der Waals surface area (Å²) < 4.78 is 6.89. The van der Waals surface area contributed by atoms with Crippen molar-refractivity contribution in [1.82, 2.24) is 0 Å². The predicted molar refractivity (Wildman–Crippen MR) is 119 cm³/mol. The summed E-state index contributed by atoms with van der Waals surface area (Å²) in [6, 6.07) is 0. The molecule has 3 fully saturated rings. The van der Waals surface area contributed by atoms with Crippen LogP contribution in [0.5, 0.6) is 0 Å². The van der Waals surface area contributed by atoms with Crippen LogP contribution in [-0.4, -0.2) is 26.7 Å². The smallest absolute Gasteiger partial charge is 0.184 e. The molecular weight excluding hydrogens is 362 g/mol. The zero-order valence-corrected chi connectivity index (χ0v) is 20.0. The fraction of sp³-hybridized carbons (Fsp3) is 0.792. The van der Waals surface area contributed by atoms with Crippen LogP contribution >= 0.6 is 0 Å². The fourth-order valence-corrected chi connectivity index (χ4v) is 9.13. The fourth-order valence-electron chi connectivity index (χ4n) is 7.44. The Bertz CT molecular complexity index is 735. The number of hydrogen-bond acceptors (Lipinski definition) is 3. The lowest BCUT2D eigenvalue weighted by Gasteiger charge is -2.59. The Kier molecular flexibility index (Phi) is 4.78. The molecule has 0 heterocycles. The van der Waals surface area contributed by atoms with Gasteiger partial charge in [0.1, 0.15) is 12.8 Å². The van der Waals surface area contributed by atoms with E-state index in [1.165, 1.54) is 38.5 Å². The van der Waals surface area contributed by atoms with E-state index in [-0.39, 0.29) is 11.0 Å². The number of nitrogens with zero attached hydrogens (tertiary/aromatic N) is 1. The highest BCUT2D eigenvalue weighted by atomic mass is 28.4. The minimum Gasteiger partial charge on any atom is -0.412 e. The topological polar surface area (TPSA) is 30.8 Å². The zero-order valence-electron chi connectivity index (χ0n) is 19.0. The van der Waals surface area contributed by atoms with Gasteiger partial charge in [0, 0.05) is 5.41 Å². The van der Waals surface area contributed by atoms with Crippen molar-refractivity contribution in [2.24, 2.45) is 33.7 Å². The summed E-state index contributed by atoms with van der Waals surface area (Å²) in [6.45, 7) is 14.5. The lowest BCUT2D eigenvalue weighted by Crippen LogP contribution is -2.56. The van der Waals surface area contributed by atoms with Crippen LogP contribution in [0.4, 0.5) is 0 Å². The number of rotatable bonds is 3. The van der Waals surface area contributed by atoms with E-state index < -0.39 is 8.32 Å². The first-order valence-corrected chi connectivity index (χ1v) is 14.6. The van der Waals surface area contributed by atoms with Gasteiger partial charge >= 0.3 is 0 Å². The Morgan fingerprint density at radius 2 is 1.75 bits per heavy atom. The standard InChI is InChI=1S/C24H39NO2Si/c1-22-13-10-18(25-26-4)16-17(22)8-9-19-20(22)11-14-23(2)21(19)12-15-24(23,3)27-28(5,6)7/h10,13,16,19-21H,8-9,11-12,14-15H2,1-7H3/b25-18+/t19-,20+,21+,22+,23+,24?/m1/s1. The molecule has 3 nitrogen and oxygen atoms in total. The van der Waals surface area contributed by atoms with Crippen molar-refractivity contribution in [3.05, 3.63) is 23.8 Å². The molecule has 0 aromatic heterocycles. The van der Waals surface area contributed by atoms with Gasteiger partial charge in [-0.15, -0.1) is 0 Å². The van der Waals surface area contributed by atoms with E-state index in [0.717, 1.165) is 23.5 Å². The van der Waals surface area contributed by atoms with Crippen LogP contribution in [0.3, 0.4) is 0 Å². The van der Waals surface area contributed by atoms with Crippen LogP contribution in [0, 0.1) is 28.6 Å². The number of hydrogen-bond donors (Lipinski definition) is 0. The molecule has 3 saturated carbocycles. The minimum atomic E-state index is -1.57. The number of allylic oxidation sites excluding steroid dienone is 4. The highest BCUT2D eigenvalue weighted by Gasteiger charge is 2.63. The summed E-state index contributed by atoms with van der Waals surface area (Å²) in [7, 11) is 0.0653. The van der Waals surface area contributed by atoms with Gasteiger partial charge in [-0.3, -0.25) is 0 Å². The maximum absolute atomic E-state index is 6.89. The van der Waals surface area contributed by atoms with E-state index in [1.54, 1.807) is 12.7 Å². The first-order valence-electron chi connectivity index (χ1n) is 11.2. The van der Waals surface area contributed by atoms with Gasteiger partial charge in [0.15, 0.2) is 8.32 Å². The van der Waals surface area contributed by atoms with Crippen LogP contribution in [0.1, 0.15) is 59.3 Å². The average Bonchev–Trinajstić information content (AvgIpc) is 2.85. The first-order chi connectivity index (χ1) is 13.0. The van der Waals surface area contributed by atoms with Crippen LogP contribution < -0.4 is 0 Å². The van der Waals surface area contributed by atoms with Crippen molar-refractivity contribution >= 4 is 14.0 Å². The highest BCUT2D eigenvalue weighted by Crippen LogP contribution is 2.67. The van der Waals surface area contributed by atoms with Crippen LogP contribution in [0.15, 0.2) is 29.0 Å². The molecule has 4 heteroatoms. The summed E-state index contributed by atoms with van der Waals surface area (Å²) in [5, 5.41) is 4.17. The second kappa shape index (κ2) is 6.56. The van der Waals surface area contributed by atoms with Gasteiger partial charge in [-0.2, -0.15) is 0 Å². The van der Waals surface area contributed by atoms with Gasteiger partial charge < -0.3 is 9.26 Å². The number of oxime groups is 1. The SMILES string of the molecule is CO/N=C1\C=C[C@@]2(C)C(=C1)CC[C@@H]1[C@@H]2CC[C@@]2(C)[C@H]1CCC2(C)O[Si](C)(C)C. The second-order valence-corrected chi connectivity index (χ2v) is 15.8. The molecular formula is C24H39NO2Si. The lowest BCUT2D eigenvalue weighted by molar-refractivity contribution is -0.102. The van der Waals surface area contributed by atoms with Crippen molar-refractivity contribution in [2.45, 2.75) is 84.5 Å². The highest BCUT2D eigenvalue weighted by molar-refractivity contribution is 6.69. The first kappa shape index (κ1) is 20.4. The van der Waals surface area contributed by atoms with Crippen LogP contribution in [-0.2, 0) is 9.26 Å². The van der Waals surface area contributed by atoms with E-state index in [0.29, 0.717) is 5.41 Å². The molecule has 0 amide bonds. The van der Waals surface area contributed by atoms with Crippen molar-refractivity contribution in [3.63, 3.8) is 0 Å². The Labute approximate surface area is 172 Å². The minimum absolute atomic E-state index is 0.0603. The number of fused-ring (bicyclic) bond motifs is 5. The Morgan fingerprint density at radius 3 is 2.43 bits per heavy atom. The van der Waals surface area contributed by atoms with Crippen molar-refractivity contribution in [3.8, 4) is 0 Å². The van der Waals surface area contributed by atoms with E-state index in [1.807, 2.05) is 0 Å². The Balaban J connectivity index is 1.63. The van der Waals surface area contributed by atoms with Gasteiger partial charge in [-0.05, 0) is 100 Å². The van der Waals surface area contributed by atoms with E-state index in [4.69, 9.17) is 9.26 Å². The maximum Gasteiger partial charge on any atom is 0.184 e. The molecule has 4 aliphatic carbocycles. The van der Waals surface area contributed by atoms with Crippen molar-refractivity contribution in [2.75, 3.05) is 7.11 Å². The largest absolute Gasteiger partial charge is 0.412 e. The van der Waals surface area contributed by atoms with Gasteiger partial charge in [-0.25, -0.2) is 0 Å². The van der Waals surface area contributed by atoms with Gasteiger partial charge in [0.25, 0.3) is 0 Å². The molecule has 0 saturated heterocycles. The van der Waals surface area contributed by atoms with E-state index in [2.05, 4.69) is 63.8 Å². The van der Waals surface area contributed by atoms with Crippen molar-refractivity contribution in [1.29, 1.82) is 0 Å². The summed E-state index contributed by atoms with van der Waals surface area (Å²) >= 11 is 0. The molecule has 1 unspecified atom stereocenters. The predicted octanol–water partition coefficient (Wildman–Crippen LogP) is 6.34. The van der Waals surface area contributed by atoms with E-state index >= 15 is 0 Å². The monoisotopic (exact) mass is 401 g/mol. The molecule has 6 atom stereocenters. The third kappa shape index (κ3) is 2.97. The molecule has 0 radical (unpaired) electrons. The van der Waals surface area contributed by atoms with Gasteiger partial charge in [-0.1, -0.05) is 30.7 Å². The molecule has 4 aliphatic rings. The molecule has 28 heavy (non-hydrogen) atoms. The maximum atomic E-state index is 6.89. The summed E-state index contributed by atoms with van der Waals surface area (Å²) in [6.07, 6.45) is 14.6. The van der Waals surface area contributed by atoms with Crippen LogP contribution in [0.25, 0.3) is 0 Å². The average molecular weight is 402 g/mol. The summed E-state index contributed by atoms with van der Waals surface area (Å²) in [4.78, 5) is 5.01. The van der Waals surface area contributed by atoms with E-state index in [9.17, 15) is 0 Å². The van der Waals surface area contributed by atoms with Crippen LogP contribution in [0.2, 0.25) is 19.6 Å². The molecule has 0 spiro atoms. The molecule has 0 aliphatic heterocycles. The third-order valence-electron chi connectivity index (χ3n) is 8.83. The van der Waals surface area contributed by atoms with Crippen molar-refractivity contribution < 1.29 is 9.26 Å². The molecule has 0 aromatic rings.